The van der Waals surface area contributed by atoms with Crippen molar-refractivity contribution in [1.29, 1.82) is 0 Å². The van der Waals surface area contributed by atoms with Crippen LogP contribution in [0.25, 0.3) is 0 Å². The van der Waals surface area contributed by atoms with E-state index in [4.69, 9.17) is 0 Å². The molecule has 0 bridgehead atoms. The molecule has 0 atom stereocenters. The number of anilines is 1. The van der Waals surface area contributed by atoms with Crippen molar-refractivity contribution >= 4 is 35.8 Å². The van der Waals surface area contributed by atoms with Crippen LogP contribution in [0.3, 0.4) is 0 Å². The number of guanidine groups is 1. The van der Waals surface area contributed by atoms with Crippen LogP contribution in [0.15, 0.2) is 47.7 Å². The van der Waals surface area contributed by atoms with Crippen molar-refractivity contribution in [2.75, 3.05) is 25.0 Å². The van der Waals surface area contributed by atoms with Crippen molar-refractivity contribution in [3.05, 3.63) is 54.0 Å². The number of aromatic nitrogens is 2. The van der Waals surface area contributed by atoms with E-state index >= 15 is 0 Å². The molecule has 1 fully saturated rings. The third-order valence-electron chi connectivity index (χ3n) is 4.59. The highest BCUT2D eigenvalue weighted by molar-refractivity contribution is 14.0. The van der Waals surface area contributed by atoms with E-state index in [2.05, 4.69) is 42.6 Å². The van der Waals surface area contributed by atoms with Crippen LogP contribution in [-0.2, 0) is 13.1 Å². The Labute approximate surface area is 178 Å². The SMILES string of the molecule is CN=C(NCc1ccnc(N2CCCCCC2)c1)NCc1ccccn1.I. The molecule has 0 aliphatic carbocycles. The molecule has 0 saturated carbocycles. The average molecular weight is 480 g/mol. The fourth-order valence-corrected chi connectivity index (χ4v) is 3.13. The summed E-state index contributed by atoms with van der Waals surface area (Å²) >= 11 is 0. The summed E-state index contributed by atoms with van der Waals surface area (Å²) in [5, 5.41) is 6.66. The van der Waals surface area contributed by atoms with Crippen molar-refractivity contribution < 1.29 is 0 Å². The van der Waals surface area contributed by atoms with Gasteiger partial charge in [0.15, 0.2) is 5.96 Å². The van der Waals surface area contributed by atoms with Gasteiger partial charge >= 0.3 is 0 Å². The molecule has 27 heavy (non-hydrogen) atoms. The van der Waals surface area contributed by atoms with Gasteiger partial charge in [0.1, 0.15) is 5.82 Å². The maximum absolute atomic E-state index is 4.57. The summed E-state index contributed by atoms with van der Waals surface area (Å²) in [6.45, 7) is 3.58. The maximum Gasteiger partial charge on any atom is 0.191 e. The largest absolute Gasteiger partial charge is 0.357 e. The number of rotatable bonds is 5. The lowest BCUT2D eigenvalue weighted by Crippen LogP contribution is -2.36. The van der Waals surface area contributed by atoms with Gasteiger partial charge in [0.05, 0.1) is 12.2 Å². The van der Waals surface area contributed by atoms with E-state index in [0.717, 1.165) is 30.6 Å². The topological polar surface area (TPSA) is 65.4 Å². The van der Waals surface area contributed by atoms with Gasteiger partial charge in [0.25, 0.3) is 0 Å². The predicted molar refractivity (Wildman–Crippen MR) is 122 cm³/mol. The lowest BCUT2D eigenvalue weighted by molar-refractivity contribution is 0.726. The summed E-state index contributed by atoms with van der Waals surface area (Å²) in [4.78, 5) is 15.6. The van der Waals surface area contributed by atoms with Crippen LogP contribution in [0.2, 0.25) is 0 Å². The second-order valence-corrected chi connectivity index (χ2v) is 6.52. The molecule has 2 aromatic heterocycles. The number of nitrogens with one attached hydrogen (secondary N) is 2. The number of pyridine rings is 2. The molecule has 1 aliphatic rings. The highest BCUT2D eigenvalue weighted by atomic mass is 127. The number of aliphatic imine (C=N–C) groups is 1. The Bertz CT molecular complexity index is 699. The molecule has 1 aliphatic heterocycles. The van der Waals surface area contributed by atoms with Crippen molar-refractivity contribution in [3.63, 3.8) is 0 Å². The van der Waals surface area contributed by atoms with E-state index in [-0.39, 0.29) is 24.0 Å². The van der Waals surface area contributed by atoms with Crippen molar-refractivity contribution in [1.82, 2.24) is 20.6 Å². The molecule has 7 heteroatoms. The second kappa shape index (κ2) is 11.7. The molecule has 0 amide bonds. The summed E-state index contributed by atoms with van der Waals surface area (Å²) in [5.41, 5.74) is 2.20. The zero-order chi connectivity index (χ0) is 18.0. The monoisotopic (exact) mass is 480 g/mol. The number of nitrogens with zero attached hydrogens (tertiary/aromatic N) is 4. The molecule has 2 N–H and O–H groups in total. The smallest absolute Gasteiger partial charge is 0.191 e. The van der Waals surface area contributed by atoms with Crippen molar-refractivity contribution in [2.45, 2.75) is 38.8 Å². The van der Waals surface area contributed by atoms with E-state index in [0.29, 0.717) is 13.1 Å². The molecule has 146 valence electrons. The Balaban J connectivity index is 0.00000261. The lowest BCUT2D eigenvalue weighted by atomic mass is 10.2. The zero-order valence-corrected chi connectivity index (χ0v) is 18.2. The molecule has 3 rings (SSSR count). The number of hydrogen-bond acceptors (Lipinski definition) is 4. The first-order chi connectivity index (χ1) is 12.8. The standard InChI is InChI=1S/C20H28N6.HI/c1-21-20(25-16-18-8-4-5-10-22-18)24-15-17-9-11-23-19(14-17)26-12-6-2-3-7-13-26;/h4-5,8-11,14H,2-3,6-7,12-13,15-16H2,1H3,(H2,21,24,25);1H. The van der Waals surface area contributed by atoms with E-state index in [1.165, 1.54) is 31.2 Å². The first-order valence-corrected chi connectivity index (χ1v) is 9.39. The van der Waals surface area contributed by atoms with E-state index in [9.17, 15) is 0 Å². The molecule has 0 radical (unpaired) electrons. The van der Waals surface area contributed by atoms with Gasteiger partial charge in [-0.25, -0.2) is 4.98 Å². The molecule has 2 aromatic rings. The summed E-state index contributed by atoms with van der Waals surface area (Å²) in [6.07, 6.45) is 8.88. The van der Waals surface area contributed by atoms with Crippen LogP contribution >= 0.6 is 24.0 Å². The van der Waals surface area contributed by atoms with Gasteiger partial charge in [-0.3, -0.25) is 9.98 Å². The van der Waals surface area contributed by atoms with Crippen LogP contribution in [-0.4, -0.2) is 36.1 Å². The second-order valence-electron chi connectivity index (χ2n) is 6.52. The van der Waals surface area contributed by atoms with Gasteiger partial charge in [0, 0.05) is 39.1 Å². The number of hydrogen-bond donors (Lipinski definition) is 2. The predicted octanol–water partition coefficient (Wildman–Crippen LogP) is 3.34. The quantitative estimate of drug-likeness (QED) is 0.391. The van der Waals surface area contributed by atoms with Crippen molar-refractivity contribution in [2.24, 2.45) is 4.99 Å². The van der Waals surface area contributed by atoms with Gasteiger partial charge in [-0.15, -0.1) is 24.0 Å². The average Bonchev–Trinajstić information content (AvgIpc) is 2.99. The van der Waals surface area contributed by atoms with Crippen LogP contribution in [0.4, 0.5) is 5.82 Å². The minimum absolute atomic E-state index is 0. The lowest BCUT2D eigenvalue weighted by Gasteiger charge is -2.22. The molecule has 6 nitrogen and oxygen atoms in total. The van der Waals surface area contributed by atoms with Gasteiger partial charge in [0.2, 0.25) is 0 Å². The Kier molecular flexibility index (Phi) is 9.30. The third-order valence-corrected chi connectivity index (χ3v) is 4.59. The van der Waals surface area contributed by atoms with Crippen molar-refractivity contribution in [3.8, 4) is 0 Å². The van der Waals surface area contributed by atoms with E-state index in [1.807, 2.05) is 24.4 Å². The van der Waals surface area contributed by atoms with Crippen LogP contribution in [0, 0.1) is 0 Å². The molecule has 0 spiro atoms. The van der Waals surface area contributed by atoms with E-state index < -0.39 is 0 Å². The molecule has 0 unspecified atom stereocenters. The molecular weight excluding hydrogens is 451 g/mol. The first kappa shape index (κ1) is 21.4. The summed E-state index contributed by atoms with van der Waals surface area (Å²) in [6, 6.07) is 10.1. The fourth-order valence-electron chi connectivity index (χ4n) is 3.13. The van der Waals surface area contributed by atoms with Crippen LogP contribution < -0.4 is 15.5 Å². The maximum atomic E-state index is 4.57. The Morgan fingerprint density at radius 3 is 2.48 bits per heavy atom. The summed E-state index contributed by atoms with van der Waals surface area (Å²) in [5.74, 6) is 1.85. The van der Waals surface area contributed by atoms with Gasteiger partial charge < -0.3 is 15.5 Å². The molecule has 0 aromatic carbocycles. The molecular formula is C20H29IN6. The van der Waals surface area contributed by atoms with Gasteiger partial charge in [-0.1, -0.05) is 18.9 Å². The minimum Gasteiger partial charge on any atom is -0.357 e. The van der Waals surface area contributed by atoms with E-state index in [1.54, 1.807) is 13.2 Å². The highest BCUT2D eigenvalue weighted by Gasteiger charge is 2.11. The molecule has 3 heterocycles. The Hall–Kier alpha value is -1.90. The minimum atomic E-state index is 0. The van der Waals surface area contributed by atoms with Gasteiger partial charge in [-0.2, -0.15) is 0 Å². The number of halogens is 1. The Morgan fingerprint density at radius 2 is 1.78 bits per heavy atom. The van der Waals surface area contributed by atoms with Crippen LogP contribution in [0.5, 0.6) is 0 Å². The first-order valence-electron chi connectivity index (χ1n) is 9.39. The summed E-state index contributed by atoms with van der Waals surface area (Å²) < 4.78 is 0. The fraction of sp³-hybridized carbons (Fsp3) is 0.450. The summed E-state index contributed by atoms with van der Waals surface area (Å²) in [7, 11) is 1.78. The highest BCUT2D eigenvalue weighted by Crippen LogP contribution is 2.18. The van der Waals surface area contributed by atoms with Crippen LogP contribution in [0.1, 0.15) is 36.9 Å². The normalized spacial score (nSPS) is 14.9. The Morgan fingerprint density at radius 1 is 1.00 bits per heavy atom. The third kappa shape index (κ3) is 6.97. The van der Waals surface area contributed by atoms with Gasteiger partial charge in [-0.05, 0) is 42.7 Å². The molecule has 1 saturated heterocycles. The zero-order valence-electron chi connectivity index (χ0n) is 15.9.